The molecule has 0 saturated carbocycles. The summed E-state index contributed by atoms with van der Waals surface area (Å²) in [4.78, 5) is 38.1. The minimum absolute atomic E-state index is 0.00414. The molecule has 0 saturated heterocycles. The second-order valence-corrected chi connectivity index (χ2v) is 6.20. The molecule has 25 heavy (non-hydrogen) atoms. The van der Waals surface area contributed by atoms with Crippen molar-refractivity contribution >= 4 is 17.6 Å². The van der Waals surface area contributed by atoms with Gasteiger partial charge in [-0.3, -0.25) is 9.59 Å². The normalized spacial score (nSPS) is 18.1. The number of nitrogens with zero attached hydrogens (tertiary/aromatic N) is 1. The number of ether oxygens (including phenoxy) is 2. The predicted octanol–water partition coefficient (Wildman–Crippen LogP) is 2.57. The van der Waals surface area contributed by atoms with Crippen LogP contribution in [0.3, 0.4) is 0 Å². The summed E-state index contributed by atoms with van der Waals surface area (Å²) < 4.78 is 10.8. The van der Waals surface area contributed by atoms with E-state index in [2.05, 4.69) is 4.99 Å². The monoisotopic (exact) mass is 349 g/mol. The molecule has 0 aromatic carbocycles. The summed E-state index contributed by atoms with van der Waals surface area (Å²) >= 11 is 0. The molecule has 1 rings (SSSR count). The van der Waals surface area contributed by atoms with Crippen LogP contribution in [0.5, 0.6) is 0 Å². The Hall–Kier alpha value is -1.88. The van der Waals surface area contributed by atoms with Crippen LogP contribution in [0.15, 0.2) is 28.3 Å². The van der Waals surface area contributed by atoms with Gasteiger partial charge >= 0.3 is 0 Å². The van der Waals surface area contributed by atoms with Crippen LogP contribution in [0.2, 0.25) is 0 Å². The lowest BCUT2D eigenvalue weighted by molar-refractivity contribution is -0.115. The molecule has 6 heteroatoms. The van der Waals surface area contributed by atoms with Crippen LogP contribution < -0.4 is 0 Å². The highest BCUT2D eigenvalue weighted by Crippen LogP contribution is 2.28. The lowest BCUT2D eigenvalue weighted by atomic mass is 9.82. The zero-order valence-electron chi connectivity index (χ0n) is 15.4. The Labute approximate surface area is 149 Å². The highest BCUT2D eigenvalue weighted by Gasteiger charge is 2.27. The summed E-state index contributed by atoms with van der Waals surface area (Å²) in [6, 6.07) is 0. The minimum atomic E-state index is -0.353. The van der Waals surface area contributed by atoms with Crippen LogP contribution in [-0.2, 0) is 23.9 Å². The lowest BCUT2D eigenvalue weighted by Crippen LogP contribution is -2.33. The van der Waals surface area contributed by atoms with Crippen molar-refractivity contribution in [2.24, 2.45) is 10.9 Å². The van der Waals surface area contributed by atoms with Crippen LogP contribution >= 0.6 is 0 Å². The number of carbonyl (C=O) groups is 2. The summed E-state index contributed by atoms with van der Waals surface area (Å²) in [6.45, 7) is 3.88. The molecule has 0 amide bonds. The molecule has 0 bridgehead atoms. The first kappa shape index (κ1) is 21.2. The van der Waals surface area contributed by atoms with Crippen molar-refractivity contribution in [3.8, 4) is 0 Å². The Bertz CT molecular complexity index is 587. The van der Waals surface area contributed by atoms with E-state index in [-0.39, 0.29) is 36.2 Å². The molecular formula is C19H27NO5. The summed E-state index contributed by atoms with van der Waals surface area (Å²) in [7, 11) is 3.12. The van der Waals surface area contributed by atoms with Gasteiger partial charge in [0.15, 0.2) is 11.6 Å². The summed E-state index contributed by atoms with van der Waals surface area (Å²) in [5, 5.41) is 0. The standard InChI is InChI=1S/C19H27NO5/c1-5-6-14(15-10-16(22)13(2)9-17(15)23)7-8-18(24-3)19(25-4)11-20-12-21/h9-10,14,18-19H,5-8,11H2,1-4H3. The van der Waals surface area contributed by atoms with Gasteiger partial charge in [-0.05, 0) is 44.3 Å². The van der Waals surface area contributed by atoms with Gasteiger partial charge in [0.25, 0.3) is 0 Å². The third-order valence-electron chi connectivity index (χ3n) is 4.54. The van der Waals surface area contributed by atoms with Gasteiger partial charge in [-0.25, -0.2) is 9.79 Å². The van der Waals surface area contributed by atoms with Crippen molar-refractivity contribution < 1.29 is 23.9 Å². The van der Waals surface area contributed by atoms with Gasteiger partial charge in [-0.2, -0.15) is 0 Å². The highest BCUT2D eigenvalue weighted by molar-refractivity contribution is 6.19. The number of carbonyl (C=O) groups excluding carboxylic acids is 3. The van der Waals surface area contributed by atoms with Crippen molar-refractivity contribution in [3.05, 3.63) is 23.3 Å². The second kappa shape index (κ2) is 10.9. The number of ketones is 2. The molecule has 0 spiro atoms. The van der Waals surface area contributed by atoms with E-state index < -0.39 is 0 Å². The quantitative estimate of drug-likeness (QED) is 0.325. The van der Waals surface area contributed by atoms with Crippen molar-refractivity contribution in [2.45, 2.75) is 51.7 Å². The fourth-order valence-corrected chi connectivity index (χ4v) is 3.09. The Kier molecular flexibility index (Phi) is 9.21. The van der Waals surface area contributed by atoms with E-state index in [0.717, 1.165) is 12.8 Å². The molecule has 0 aliphatic heterocycles. The molecule has 6 nitrogen and oxygen atoms in total. The number of hydrogen-bond acceptors (Lipinski definition) is 6. The van der Waals surface area contributed by atoms with Gasteiger partial charge in [0.1, 0.15) is 6.10 Å². The van der Waals surface area contributed by atoms with Gasteiger partial charge in [0.05, 0.1) is 12.6 Å². The lowest BCUT2D eigenvalue weighted by Gasteiger charge is -2.26. The second-order valence-electron chi connectivity index (χ2n) is 6.20. The summed E-state index contributed by atoms with van der Waals surface area (Å²) in [5.74, 6) is -0.192. The average Bonchev–Trinajstić information content (AvgIpc) is 2.60. The van der Waals surface area contributed by atoms with E-state index in [4.69, 9.17) is 9.47 Å². The molecular weight excluding hydrogens is 322 g/mol. The Morgan fingerprint density at radius 1 is 1.04 bits per heavy atom. The van der Waals surface area contributed by atoms with Crippen LogP contribution in [0.25, 0.3) is 0 Å². The Morgan fingerprint density at radius 2 is 1.72 bits per heavy atom. The zero-order chi connectivity index (χ0) is 18.8. The van der Waals surface area contributed by atoms with Gasteiger partial charge in [-0.15, -0.1) is 0 Å². The van der Waals surface area contributed by atoms with E-state index in [0.29, 0.717) is 24.0 Å². The molecule has 0 fully saturated rings. The maximum atomic E-state index is 12.3. The van der Waals surface area contributed by atoms with E-state index in [1.54, 1.807) is 21.1 Å². The number of hydrogen-bond donors (Lipinski definition) is 0. The highest BCUT2D eigenvalue weighted by atomic mass is 16.5. The topological polar surface area (TPSA) is 82.0 Å². The van der Waals surface area contributed by atoms with Crippen molar-refractivity contribution in [3.63, 3.8) is 0 Å². The Balaban J connectivity index is 2.83. The molecule has 3 unspecified atom stereocenters. The molecule has 0 N–H and O–H groups in total. The third kappa shape index (κ3) is 6.16. The maximum absolute atomic E-state index is 12.3. The minimum Gasteiger partial charge on any atom is -0.379 e. The first-order valence-electron chi connectivity index (χ1n) is 8.56. The van der Waals surface area contributed by atoms with Gasteiger partial charge in [-0.1, -0.05) is 13.3 Å². The molecule has 0 radical (unpaired) electrons. The number of allylic oxidation sites excluding steroid dienone is 4. The number of methoxy groups -OCH3 is 2. The molecule has 0 aromatic heterocycles. The van der Waals surface area contributed by atoms with Gasteiger partial charge < -0.3 is 9.47 Å². The van der Waals surface area contributed by atoms with Crippen molar-refractivity contribution in [1.82, 2.24) is 0 Å². The average molecular weight is 349 g/mol. The fourth-order valence-electron chi connectivity index (χ4n) is 3.09. The summed E-state index contributed by atoms with van der Waals surface area (Å²) in [6.07, 6.45) is 6.85. The molecule has 138 valence electrons. The van der Waals surface area contributed by atoms with E-state index in [1.165, 1.54) is 18.2 Å². The first-order chi connectivity index (χ1) is 12.0. The molecule has 0 heterocycles. The SMILES string of the molecule is CCCC(CCC(OC)C(CN=C=O)OC)C1=CC(=O)C(C)=CC1=O. The number of isocyanates is 1. The Morgan fingerprint density at radius 3 is 2.28 bits per heavy atom. The first-order valence-corrected chi connectivity index (χ1v) is 8.56. The van der Waals surface area contributed by atoms with Crippen molar-refractivity contribution in [1.29, 1.82) is 0 Å². The largest absolute Gasteiger partial charge is 0.379 e. The van der Waals surface area contributed by atoms with Crippen LogP contribution in [0.4, 0.5) is 0 Å². The van der Waals surface area contributed by atoms with Crippen LogP contribution in [0, 0.1) is 5.92 Å². The maximum Gasteiger partial charge on any atom is 0.235 e. The molecule has 1 aliphatic carbocycles. The molecule has 1 aliphatic rings. The predicted molar refractivity (Wildman–Crippen MR) is 94.1 cm³/mol. The number of rotatable bonds is 11. The third-order valence-corrected chi connectivity index (χ3v) is 4.54. The van der Waals surface area contributed by atoms with Crippen molar-refractivity contribution in [2.75, 3.05) is 20.8 Å². The molecule has 0 aromatic rings. The van der Waals surface area contributed by atoms with Gasteiger partial charge in [0, 0.05) is 25.4 Å². The van der Waals surface area contributed by atoms with Crippen LogP contribution in [-0.4, -0.2) is 50.6 Å². The van der Waals surface area contributed by atoms with Gasteiger partial charge in [0.2, 0.25) is 6.08 Å². The fraction of sp³-hybridized carbons (Fsp3) is 0.632. The van der Waals surface area contributed by atoms with E-state index >= 15 is 0 Å². The number of aliphatic imine (C=N–C) groups is 1. The van der Waals surface area contributed by atoms with E-state index in [9.17, 15) is 14.4 Å². The van der Waals surface area contributed by atoms with Crippen LogP contribution in [0.1, 0.15) is 39.5 Å². The smallest absolute Gasteiger partial charge is 0.235 e. The molecule has 3 atom stereocenters. The zero-order valence-corrected chi connectivity index (χ0v) is 15.4. The summed E-state index contributed by atoms with van der Waals surface area (Å²) in [5.41, 5.74) is 1.05. The van der Waals surface area contributed by atoms with E-state index in [1.807, 2.05) is 6.92 Å².